The molecule has 33 heavy (non-hydrogen) atoms. The van der Waals surface area contributed by atoms with Gasteiger partial charge in [-0.1, -0.05) is 41.6 Å². The fourth-order valence-corrected chi connectivity index (χ4v) is 5.84. The van der Waals surface area contributed by atoms with Crippen LogP contribution < -0.4 is 5.56 Å². The van der Waals surface area contributed by atoms with Gasteiger partial charge < -0.3 is 0 Å². The Hall–Kier alpha value is -3.34. The maximum Gasteiger partial charge on any atom is 0.286 e. The Labute approximate surface area is 198 Å². The Bertz CT molecular complexity index is 1490. The molecular weight excluding hydrogens is 486 g/mol. The van der Waals surface area contributed by atoms with E-state index in [0.717, 1.165) is 44.8 Å². The molecule has 0 unspecified atom stereocenters. The second-order valence-electron chi connectivity index (χ2n) is 6.92. The van der Waals surface area contributed by atoms with Gasteiger partial charge in [-0.15, -0.1) is 0 Å². The fourth-order valence-electron chi connectivity index (χ4n) is 3.23. The minimum absolute atomic E-state index is 0.182. The van der Waals surface area contributed by atoms with E-state index < -0.39 is 20.5 Å². The summed E-state index contributed by atoms with van der Waals surface area (Å²) < 4.78 is 29.2. The molecule has 8 nitrogen and oxygen atoms in total. The summed E-state index contributed by atoms with van der Waals surface area (Å²) in [6.45, 7) is 1.54. The predicted octanol–water partition coefficient (Wildman–Crippen LogP) is 4.90. The van der Waals surface area contributed by atoms with Crippen LogP contribution in [0, 0.1) is 17.0 Å². The highest BCUT2D eigenvalue weighted by atomic mass is 35.5. The van der Waals surface area contributed by atoms with Crippen LogP contribution in [0.2, 0.25) is 5.02 Å². The van der Waals surface area contributed by atoms with Crippen molar-refractivity contribution in [1.82, 2.24) is 8.77 Å². The zero-order valence-electron chi connectivity index (χ0n) is 17.1. The molecule has 0 aliphatic rings. The van der Waals surface area contributed by atoms with Crippen LogP contribution in [0.1, 0.15) is 5.69 Å². The summed E-state index contributed by atoms with van der Waals surface area (Å²) >= 11 is 7.07. The third-order valence-corrected chi connectivity index (χ3v) is 7.99. The molecule has 0 N–H and O–H groups in total. The molecule has 0 spiro atoms. The Kier molecular flexibility index (Phi) is 6.15. The summed E-state index contributed by atoms with van der Waals surface area (Å²) in [5, 5.41) is 11.5. The SMILES string of the molecule is Cc1c(Sc2ccc(Cl)cc2)c(=O)n(-c2ccccc2)n1S(=O)(=O)c1ccc([N+](=O)[O-])cc1. The van der Waals surface area contributed by atoms with E-state index in [1.807, 2.05) is 0 Å². The lowest BCUT2D eigenvalue weighted by molar-refractivity contribution is -0.384. The van der Waals surface area contributed by atoms with Gasteiger partial charge in [-0.2, -0.15) is 12.5 Å². The van der Waals surface area contributed by atoms with E-state index >= 15 is 0 Å². The first-order valence-corrected chi connectivity index (χ1v) is 12.2. The number of para-hydroxylation sites is 1. The van der Waals surface area contributed by atoms with Crippen LogP contribution in [-0.4, -0.2) is 22.1 Å². The molecule has 11 heteroatoms. The maximum absolute atomic E-state index is 13.6. The molecule has 0 saturated carbocycles. The van der Waals surface area contributed by atoms with Crippen molar-refractivity contribution < 1.29 is 13.3 Å². The molecule has 0 aliphatic heterocycles. The Balaban J connectivity index is 1.93. The Morgan fingerprint density at radius 2 is 1.55 bits per heavy atom. The van der Waals surface area contributed by atoms with Gasteiger partial charge in [0.1, 0.15) is 4.90 Å². The Morgan fingerprint density at radius 1 is 0.939 bits per heavy atom. The number of nitro groups is 1. The van der Waals surface area contributed by atoms with Gasteiger partial charge in [-0.25, -0.2) is 4.68 Å². The molecular formula is C22H16ClN3O5S2. The summed E-state index contributed by atoms with van der Waals surface area (Å²) in [5.41, 5.74) is -0.178. The molecule has 0 radical (unpaired) electrons. The van der Waals surface area contributed by atoms with Gasteiger partial charge in [0.15, 0.2) is 0 Å². The number of rotatable bonds is 6. The van der Waals surface area contributed by atoms with Crippen molar-refractivity contribution in [3.05, 3.63) is 110 Å². The third-order valence-electron chi connectivity index (χ3n) is 4.79. The van der Waals surface area contributed by atoms with Gasteiger partial charge in [-0.3, -0.25) is 14.9 Å². The maximum atomic E-state index is 13.6. The third kappa shape index (κ3) is 4.32. The minimum atomic E-state index is -4.27. The van der Waals surface area contributed by atoms with Gasteiger partial charge in [0.25, 0.3) is 21.3 Å². The zero-order chi connectivity index (χ0) is 23.8. The van der Waals surface area contributed by atoms with Crippen molar-refractivity contribution in [3.8, 4) is 5.69 Å². The average Bonchev–Trinajstić information content (AvgIpc) is 3.06. The second kappa shape index (κ2) is 8.89. The average molecular weight is 502 g/mol. The van der Waals surface area contributed by atoms with Crippen LogP contribution in [0.4, 0.5) is 5.69 Å². The summed E-state index contributed by atoms with van der Waals surface area (Å²) in [6, 6.07) is 19.7. The van der Waals surface area contributed by atoms with Gasteiger partial charge in [0.2, 0.25) is 0 Å². The number of nitrogens with zero attached hydrogens (tertiary/aromatic N) is 3. The van der Waals surface area contributed by atoms with Crippen molar-refractivity contribution in [3.63, 3.8) is 0 Å². The minimum Gasteiger partial charge on any atom is -0.266 e. The molecule has 0 amide bonds. The molecule has 1 heterocycles. The number of non-ortho nitro benzene ring substituents is 1. The van der Waals surface area contributed by atoms with E-state index in [9.17, 15) is 23.3 Å². The molecule has 0 aliphatic carbocycles. The molecule has 0 saturated heterocycles. The first kappa shape index (κ1) is 22.8. The van der Waals surface area contributed by atoms with Crippen molar-refractivity contribution >= 4 is 39.1 Å². The number of aromatic nitrogens is 2. The zero-order valence-corrected chi connectivity index (χ0v) is 19.5. The summed E-state index contributed by atoms with van der Waals surface area (Å²) in [7, 11) is -4.27. The molecule has 0 fully saturated rings. The largest absolute Gasteiger partial charge is 0.286 e. The smallest absolute Gasteiger partial charge is 0.266 e. The normalized spacial score (nSPS) is 11.5. The van der Waals surface area contributed by atoms with E-state index in [1.165, 1.54) is 0 Å². The standard InChI is InChI=1S/C22H16ClN3O5S2/c1-15-21(32-19-11-7-16(23)8-12-19)22(27)24(17-5-3-2-4-6-17)25(15)33(30,31)20-13-9-18(10-14-20)26(28)29/h2-14H,1H3. The number of hydrogen-bond donors (Lipinski definition) is 0. The van der Waals surface area contributed by atoms with E-state index in [-0.39, 0.29) is 21.2 Å². The molecule has 4 aromatic rings. The molecule has 1 aromatic heterocycles. The monoisotopic (exact) mass is 501 g/mol. The van der Waals surface area contributed by atoms with Crippen LogP contribution >= 0.6 is 23.4 Å². The lowest BCUT2D eigenvalue weighted by Crippen LogP contribution is -2.27. The van der Waals surface area contributed by atoms with E-state index in [2.05, 4.69) is 0 Å². The molecule has 168 valence electrons. The molecule has 0 bridgehead atoms. The van der Waals surface area contributed by atoms with Crippen LogP contribution in [-0.2, 0) is 10.0 Å². The summed E-state index contributed by atoms with van der Waals surface area (Å²) in [5.74, 6) is 0. The van der Waals surface area contributed by atoms with Gasteiger partial charge in [0, 0.05) is 22.1 Å². The summed E-state index contributed by atoms with van der Waals surface area (Å²) in [6.07, 6.45) is 0. The van der Waals surface area contributed by atoms with E-state index in [0.29, 0.717) is 15.6 Å². The first-order chi connectivity index (χ1) is 15.7. The van der Waals surface area contributed by atoms with Crippen molar-refractivity contribution in [2.45, 2.75) is 21.6 Å². The number of benzene rings is 3. The van der Waals surface area contributed by atoms with Crippen LogP contribution in [0.15, 0.2) is 98.3 Å². The quantitative estimate of drug-likeness (QED) is 0.275. The first-order valence-electron chi connectivity index (χ1n) is 9.53. The fraction of sp³-hybridized carbons (Fsp3) is 0.0455. The highest BCUT2D eigenvalue weighted by Gasteiger charge is 2.29. The van der Waals surface area contributed by atoms with Gasteiger partial charge >= 0.3 is 0 Å². The van der Waals surface area contributed by atoms with Crippen molar-refractivity contribution in [1.29, 1.82) is 0 Å². The highest BCUT2D eigenvalue weighted by molar-refractivity contribution is 7.99. The second-order valence-corrected chi connectivity index (χ2v) is 10.2. The van der Waals surface area contributed by atoms with Crippen LogP contribution in [0.5, 0.6) is 0 Å². The van der Waals surface area contributed by atoms with Gasteiger partial charge in [0.05, 0.1) is 21.2 Å². The van der Waals surface area contributed by atoms with Gasteiger partial charge in [-0.05, 0) is 55.5 Å². The lowest BCUT2D eigenvalue weighted by Gasteiger charge is -2.14. The summed E-state index contributed by atoms with van der Waals surface area (Å²) in [4.78, 5) is 24.6. The predicted molar refractivity (Wildman–Crippen MR) is 126 cm³/mol. The number of halogens is 1. The molecule has 4 rings (SSSR count). The Morgan fingerprint density at radius 3 is 2.12 bits per heavy atom. The van der Waals surface area contributed by atoms with E-state index in [1.54, 1.807) is 61.5 Å². The lowest BCUT2D eigenvalue weighted by atomic mass is 10.3. The van der Waals surface area contributed by atoms with E-state index in [4.69, 9.17) is 11.6 Å². The van der Waals surface area contributed by atoms with Crippen LogP contribution in [0.3, 0.4) is 0 Å². The van der Waals surface area contributed by atoms with Crippen LogP contribution in [0.25, 0.3) is 5.69 Å². The number of hydrogen-bond acceptors (Lipinski definition) is 6. The van der Waals surface area contributed by atoms with Crippen molar-refractivity contribution in [2.75, 3.05) is 0 Å². The topological polar surface area (TPSA) is 104 Å². The van der Waals surface area contributed by atoms with Crippen molar-refractivity contribution in [2.24, 2.45) is 0 Å². The molecule has 0 atom stereocenters. The number of nitro benzene ring substituents is 1. The molecule has 3 aromatic carbocycles. The highest BCUT2D eigenvalue weighted by Crippen LogP contribution is 2.31.